The van der Waals surface area contributed by atoms with Crippen LogP contribution in [-0.2, 0) is 0 Å². The molecule has 8 rings (SSSR count). The second kappa shape index (κ2) is 19.5. The normalized spacial score (nSPS) is 12.6. The maximum atomic E-state index is 12.5. The van der Waals surface area contributed by atoms with Crippen LogP contribution in [0.15, 0.2) is 143 Å². The predicted molar refractivity (Wildman–Crippen MR) is 288 cm³/mol. The number of hydrogen-bond acceptors (Lipinski definition) is 4. The number of aromatic hydroxyl groups is 2. The molecule has 0 saturated carbocycles. The zero-order chi connectivity index (χ0) is 48.6. The molecule has 68 heavy (non-hydrogen) atoms. The molecule has 8 aromatic rings. The summed E-state index contributed by atoms with van der Waals surface area (Å²) in [5.74, 6) is 0.363. The number of aryl methyl sites for hydroxylation is 12. The predicted octanol–water partition coefficient (Wildman–Crippen LogP) is 16.5. The molecule has 0 aliphatic carbocycles. The quantitative estimate of drug-likeness (QED) is 0.127. The Labute approximate surface area is 404 Å². The summed E-state index contributed by atoms with van der Waals surface area (Å²) in [6.07, 6.45) is 3.74. The topological polar surface area (TPSA) is 65.2 Å². The van der Waals surface area contributed by atoms with Crippen LogP contribution in [0, 0.1) is 83.1 Å². The molecule has 342 valence electrons. The zero-order valence-corrected chi connectivity index (χ0v) is 41.8. The van der Waals surface area contributed by atoms with Crippen molar-refractivity contribution in [2.24, 2.45) is 9.98 Å². The number of phenolic OH excluding ortho intramolecular Hbond substituents is 2. The van der Waals surface area contributed by atoms with Crippen molar-refractivity contribution in [3.05, 3.63) is 222 Å². The molecule has 4 heteroatoms. The van der Waals surface area contributed by atoms with Crippen molar-refractivity contribution in [1.82, 2.24) is 0 Å². The van der Waals surface area contributed by atoms with Crippen LogP contribution in [0.4, 0.5) is 0 Å². The standard InChI is InChI=1S/C64H64N2O2/c1-37-19-13-20-38(2)55(37)49-31-51(63(67)53(33-49)57-41(5)23-15-24-42(57)6)35-65-61(59-45(9)27-17-28-46(59)10)62(60-47(11)29-18-30-48(60)12)66-36-52-32-50(56-39(3)21-14-22-40(56)4)34-54(64(52)68)58-43(7)25-16-26-44(58)8/h13-36,61-62,67-68H,1-12H3. The highest BCUT2D eigenvalue weighted by atomic mass is 16.3. The summed E-state index contributed by atoms with van der Waals surface area (Å²) in [4.78, 5) is 11.2. The Morgan fingerprint density at radius 2 is 0.559 bits per heavy atom. The Morgan fingerprint density at radius 3 is 0.824 bits per heavy atom. The van der Waals surface area contributed by atoms with E-state index in [2.05, 4.69) is 217 Å². The van der Waals surface area contributed by atoms with E-state index >= 15 is 0 Å². The van der Waals surface area contributed by atoms with Crippen molar-refractivity contribution in [3.63, 3.8) is 0 Å². The Morgan fingerprint density at radius 1 is 0.324 bits per heavy atom. The lowest BCUT2D eigenvalue weighted by atomic mass is 9.85. The monoisotopic (exact) mass is 892 g/mol. The summed E-state index contributed by atoms with van der Waals surface area (Å²) in [7, 11) is 0. The minimum Gasteiger partial charge on any atom is -0.507 e. The molecule has 2 unspecified atom stereocenters. The van der Waals surface area contributed by atoms with Gasteiger partial charge in [-0.2, -0.15) is 0 Å². The number of phenols is 2. The Hall–Kier alpha value is -7.30. The molecule has 0 heterocycles. The van der Waals surface area contributed by atoms with Crippen LogP contribution in [0.5, 0.6) is 11.5 Å². The fourth-order valence-corrected chi connectivity index (χ4v) is 10.7. The molecule has 4 nitrogen and oxygen atoms in total. The lowest BCUT2D eigenvalue weighted by molar-refractivity contribution is 0.475. The summed E-state index contributed by atoms with van der Waals surface area (Å²) in [5.41, 5.74) is 24.7. The lowest BCUT2D eigenvalue weighted by Crippen LogP contribution is -2.14. The lowest BCUT2D eigenvalue weighted by Gasteiger charge is -2.27. The molecule has 0 saturated heterocycles. The first kappa shape index (κ1) is 47.2. The SMILES string of the molecule is Cc1cccc(C)c1-c1cc(C=NC(c2c(C)cccc2C)C(N=Cc2cc(-c3c(C)cccc3C)cc(-c3c(C)cccc3C)c2O)c2c(C)cccc2C)c(O)c(-c2c(C)cccc2C)c1. The molecular formula is C64H64N2O2. The van der Waals surface area contributed by atoms with Gasteiger partial charge in [0, 0.05) is 34.7 Å². The van der Waals surface area contributed by atoms with E-state index < -0.39 is 12.1 Å². The first-order valence-corrected chi connectivity index (χ1v) is 23.7. The van der Waals surface area contributed by atoms with E-state index in [1.165, 1.54) is 0 Å². The fraction of sp³-hybridized carbons (Fsp3) is 0.219. The van der Waals surface area contributed by atoms with Gasteiger partial charge in [-0.05, 0) is 219 Å². The van der Waals surface area contributed by atoms with E-state index in [1.807, 2.05) is 12.4 Å². The summed E-state index contributed by atoms with van der Waals surface area (Å²) in [6, 6.07) is 45.5. The molecule has 8 aromatic carbocycles. The van der Waals surface area contributed by atoms with E-state index in [-0.39, 0.29) is 11.5 Å². The van der Waals surface area contributed by atoms with E-state index in [4.69, 9.17) is 9.98 Å². The van der Waals surface area contributed by atoms with Gasteiger partial charge in [-0.25, -0.2) is 0 Å². The molecule has 0 aromatic heterocycles. The molecule has 0 fully saturated rings. The van der Waals surface area contributed by atoms with Crippen molar-refractivity contribution >= 4 is 12.4 Å². The Balaban J connectivity index is 1.40. The summed E-state index contributed by atoms with van der Waals surface area (Å²) in [6.45, 7) is 25.6. The second-order valence-electron chi connectivity index (χ2n) is 19.0. The molecule has 0 bridgehead atoms. The zero-order valence-electron chi connectivity index (χ0n) is 41.8. The van der Waals surface area contributed by atoms with E-state index in [1.54, 1.807) is 0 Å². The van der Waals surface area contributed by atoms with Crippen molar-refractivity contribution in [1.29, 1.82) is 0 Å². The molecule has 0 spiro atoms. The van der Waals surface area contributed by atoms with Crippen LogP contribution < -0.4 is 0 Å². The number of hydrogen-bond donors (Lipinski definition) is 2. The maximum Gasteiger partial charge on any atom is 0.132 e. The average molecular weight is 893 g/mol. The maximum absolute atomic E-state index is 12.5. The minimum atomic E-state index is -0.527. The molecule has 0 radical (unpaired) electrons. The van der Waals surface area contributed by atoms with Crippen LogP contribution in [0.2, 0.25) is 0 Å². The van der Waals surface area contributed by atoms with E-state index in [0.29, 0.717) is 11.1 Å². The van der Waals surface area contributed by atoms with Crippen molar-refractivity contribution in [3.8, 4) is 56.0 Å². The van der Waals surface area contributed by atoms with Gasteiger partial charge in [-0.1, -0.05) is 109 Å². The Bertz CT molecular complexity index is 2950. The number of rotatable bonds is 11. The van der Waals surface area contributed by atoms with Gasteiger partial charge in [0.25, 0.3) is 0 Å². The number of nitrogens with zero attached hydrogens (tertiary/aromatic N) is 2. The van der Waals surface area contributed by atoms with Gasteiger partial charge in [-0.3, -0.25) is 9.98 Å². The van der Waals surface area contributed by atoms with Gasteiger partial charge in [0.1, 0.15) is 23.6 Å². The highest BCUT2D eigenvalue weighted by molar-refractivity contribution is 5.95. The van der Waals surface area contributed by atoms with Gasteiger partial charge in [0.05, 0.1) is 0 Å². The summed E-state index contributed by atoms with van der Waals surface area (Å²) >= 11 is 0. The van der Waals surface area contributed by atoms with Crippen LogP contribution in [0.3, 0.4) is 0 Å². The van der Waals surface area contributed by atoms with Crippen LogP contribution in [-0.4, -0.2) is 22.6 Å². The van der Waals surface area contributed by atoms with Crippen LogP contribution in [0.1, 0.15) is 101 Å². The van der Waals surface area contributed by atoms with Crippen LogP contribution >= 0.6 is 0 Å². The molecule has 0 aliphatic heterocycles. The summed E-state index contributed by atoms with van der Waals surface area (Å²) in [5, 5.41) is 25.0. The average Bonchev–Trinajstić information content (AvgIpc) is 3.28. The minimum absolute atomic E-state index is 0.181. The smallest absolute Gasteiger partial charge is 0.132 e. The largest absolute Gasteiger partial charge is 0.507 e. The molecule has 2 atom stereocenters. The van der Waals surface area contributed by atoms with Crippen molar-refractivity contribution in [2.75, 3.05) is 0 Å². The Kier molecular flexibility index (Phi) is 13.5. The number of aliphatic imine (C=N–C) groups is 2. The first-order valence-electron chi connectivity index (χ1n) is 23.7. The molecule has 0 aliphatic rings. The highest BCUT2D eigenvalue weighted by Gasteiger charge is 2.30. The third-order valence-corrected chi connectivity index (χ3v) is 14.0. The van der Waals surface area contributed by atoms with E-state index in [0.717, 1.165) is 122 Å². The van der Waals surface area contributed by atoms with Gasteiger partial charge >= 0.3 is 0 Å². The van der Waals surface area contributed by atoms with Gasteiger partial charge in [-0.15, -0.1) is 0 Å². The number of benzene rings is 8. The first-order chi connectivity index (χ1) is 32.5. The third kappa shape index (κ3) is 9.08. The molecular weight excluding hydrogens is 829 g/mol. The van der Waals surface area contributed by atoms with Gasteiger partial charge in [0.15, 0.2) is 0 Å². The van der Waals surface area contributed by atoms with Gasteiger partial charge in [0.2, 0.25) is 0 Å². The van der Waals surface area contributed by atoms with E-state index in [9.17, 15) is 10.2 Å². The second-order valence-corrected chi connectivity index (χ2v) is 19.0. The van der Waals surface area contributed by atoms with Crippen LogP contribution in [0.25, 0.3) is 44.5 Å². The fourth-order valence-electron chi connectivity index (χ4n) is 10.7. The summed E-state index contributed by atoms with van der Waals surface area (Å²) < 4.78 is 0. The highest BCUT2D eigenvalue weighted by Crippen LogP contribution is 2.45. The van der Waals surface area contributed by atoms with Crippen molar-refractivity contribution in [2.45, 2.75) is 95.2 Å². The third-order valence-electron chi connectivity index (χ3n) is 14.0. The van der Waals surface area contributed by atoms with Gasteiger partial charge < -0.3 is 10.2 Å². The van der Waals surface area contributed by atoms with Crippen molar-refractivity contribution < 1.29 is 10.2 Å². The molecule has 2 N–H and O–H groups in total. The molecule has 0 amide bonds.